The van der Waals surface area contributed by atoms with Crippen molar-refractivity contribution in [3.8, 4) is 11.5 Å². The van der Waals surface area contributed by atoms with Crippen molar-refractivity contribution in [2.75, 3.05) is 24.9 Å². The smallest absolute Gasteiger partial charge is 0.249 e. The summed E-state index contributed by atoms with van der Waals surface area (Å²) in [5.74, 6) is 2.87. The Hall–Kier alpha value is -3.35. The molecule has 0 unspecified atom stereocenters. The molecule has 2 N–H and O–H groups in total. The predicted octanol–water partition coefficient (Wildman–Crippen LogP) is 4.68. The Bertz CT molecular complexity index is 975. The van der Waals surface area contributed by atoms with Gasteiger partial charge in [0, 0.05) is 12.2 Å². The molecule has 0 spiro atoms. The summed E-state index contributed by atoms with van der Waals surface area (Å²) in [7, 11) is 3.24. The normalized spacial score (nSPS) is 10.7. The molecule has 2 aromatic carbocycles. The molecule has 3 rings (SSSR count). The van der Waals surface area contributed by atoms with Crippen molar-refractivity contribution in [2.24, 2.45) is 0 Å². The minimum absolute atomic E-state index is 0.386. The number of aryl methyl sites for hydroxylation is 1. The molecular weight excluding hydrogens is 366 g/mol. The molecule has 7 nitrogen and oxygen atoms in total. The number of ether oxygens (including phenoxy) is 2. The van der Waals surface area contributed by atoms with E-state index < -0.39 is 0 Å². The average molecular weight is 393 g/mol. The Morgan fingerprint density at radius 1 is 1.03 bits per heavy atom. The van der Waals surface area contributed by atoms with Crippen LogP contribution in [0.25, 0.3) is 0 Å². The summed E-state index contributed by atoms with van der Waals surface area (Å²) >= 11 is 0. The Balaban J connectivity index is 1.74. The summed E-state index contributed by atoms with van der Waals surface area (Å²) in [4.78, 5) is 4.55. The molecule has 0 fully saturated rings. The molecule has 152 valence electrons. The van der Waals surface area contributed by atoms with Crippen molar-refractivity contribution in [1.29, 1.82) is 0 Å². The van der Waals surface area contributed by atoms with Crippen LogP contribution in [0.5, 0.6) is 11.5 Å². The first kappa shape index (κ1) is 20.4. The van der Waals surface area contributed by atoms with Crippen molar-refractivity contribution in [2.45, 2.75) is 33.2 Å². The van der Waals surface area contributed by atoms with Crippen molar-refractivity contribution in [3.05, 3.63) is 59.3 Å². The highest BCUT2D eigenvalue weighted by molar-refractivity contribution is 5.64. The number of rotatable bonds is 8. The van der Waals surface area contributed by atoms with E-state index in [0.29, 0.717) is 35.7 Å². The molecule has 1 heterocycles. The van der Waals surface area contributed by atoms with E-state index in [1.165, 1.54) is 5.56 Å². The molecule has 0 amide bonds. The van der Waals surface area contributed by atoms with Crippen LogP contribution in [-0.4, -0.2) is 29.4 Å². The van der Waals surface area contributed by atoms with Crippen LogP contribution in [0.3, 0.4) is 0 Å². The second-order valence-electron chi connectivity index (χ2n) is 7.03. The number of hydrogen-bond donors (Lipinski definition) is 2. The van der Waals surface area contributed by atoms with Crippen molar-refractivity contribution in [3.63, 3.8) is 0 Å². The van der Waals surface area contributed by atoms with Crippen molar-refractivity contribution in [1.82, 2.24) is 15.2 Å². The first-order valence-electron chi connectivity index (χ1n) is 9.52. The fourth-order valence-corrected chi connectivity index (χ4v) is 3.08. The van der Waals surface area contributed by atoms with Gasteiger partial charge in [0.15, 0.2) is 17.3 Å². The van der Waals surface area contributed by atoms with E-state index in [1.807, 2.05) is 18.2 Å². The summed E-state index contributed by atoms with van der Waals surface area (Å²) in [5, 5.41) is 14.8. The Morgan fingerprint density at radius 2 is 1.83 bits per heavy atom. The third-order valence-electron chi connectivity index (χ3n) is 4.64. The summed E-state index contributed by atoms with van der Waals surface area (Å²) in [5.41, 5.74) is 4.43. The first-order valence-corrected chi connectivity index (χ1v) is 9.52. The van der Waals surface area contributed by atoms with Gasteiger partial charge < -0.3 is 20.1 Å². The molecule has 7 heteroatoms. The zero-order chi connectivity index (χ0) is 20.8. The monoisotopic (exact) mass is 393 g/mol. The maximum atomic E-state index is 5.36. The number of para-hydroxylation sites is 1. The van der Waals surface area contributed by atoms with Gasteiger partial charge in [-0.2, -0.15) is 10.1 Å². The number of benzene rings is 2. The Labute approximate surface area is 171 Å². The third kappa shape index (κ3) is 4.93. The first-order chi connectivity index (χ1) is 14.0. The van der Waals surface area contributed by atoms with Crippen LogP contribution in [0.4, 0.5) is 17.5 Å². The van der Waals surface area contributed by atoms with Crippen LogP contribution in [0.1, 0.15) is 36.5 Å². The van der Waals surface area contributed by atoms with Crippen LogP contribution < -0.4 is 20.1 Å². The van der Waals surface area contributed by atoms with E-state index in [4.69, 9.17) is 9.47 Å². The van der Waals surface area contributed by atoms with Crippen LogP contribution in [0.2, 0.25) is 0 Å². The minimum atomic E-state index is 0.386. The van der Waals surface area contributed by atoms with Gasteiger partial charge in [-0.25, -0.2) is 0 Å². The zero-order valence-corrected chi connectivity index (χ0v) is 17.5. The summed E-state index contributed by atoms with van der Waals surface area (Å²) in [6.07, 6.45) is 1.60. The lowest BCUT2D eigenvalue weighted by molar-refractivity contribution is 0.354. The fourth-order valence-electron chi connectivity index (χ4n) is 3.08. The maximum Gasteiger partial charge on any atom is 0.249 e. The van der Waals surface area contributed by atoms with E-state index in [9.17, 15) is 0 Å². The average Bonchev–Trinajstić information content (AvgIpc) is 2.73. The second-order valence-corrected chi connectivity index (χ2v) is 7.03. The summed E-state index contributed by atoms with van der Waals surface area (Å²) in [6.45, 7) is 6.97. The molecule has 0 aliphatic carbocycles. The summed E-state index contributed by atoms with van der Waals surface area (Å²) < 4.78 is 10.6. The van der Waals surface area contributed by atoms with Gasteiger partial charge in [0.05, 0.1) is 20.4 Å². The molecule has 0 aliphatic rings. The Morgan fingerprint density at radius 3 is 2.55 bits per heavy atom. The largest absolute Gasteiger partial charge is 0.493 e. The lowest BCUT2D eigenvalue weighted by Crippen LogP contribution is -2.07. The number of nitrogens with one attached hydrogen (secondary N) is 2. The lowest BCUT2D eigenvalue weighted by Gasteiger charge is -2.16. The van der Waals surface area contributed by atoms with Gasteiger partial charge in [-0.1, -0.05) is 38.1 Å². The maximum absolute atomic E-state index is 5.36. The third-order valence-corrected chi connectivity index (χ3v) is 4.64. The van der Waals surface area contributed by atoms with Gasteiger partial charge in [0.1, 0.15) is 0 Å². The highest BCUT2D eigenvalue weighted by Gasteiger charge is 2.11. The fraction of sp³-hybridized carbons (Fsp3) is 0.318. The van der Waals surface area contributed by atoms with E-state index in [0.717, 1.165) is 16.8 Å². The summed E-state index contributed by atoms with van der Waals surface area (Å²) in [6, 6.07) is 12.0. The highest BCUT2D eigenvalue weighted by Crippen LogP contribution is 2.30. The van der Waals surface area contributed by atoms with E-state index >= 15 is 0 Å². The van der Waals surface area contributed by atoms with Gasteiger partial charge in [-0.15, -0.1) is 5.10 Å². The van der Waals surface area contributed by atoms with Gasteiger partial charge >= 0.3 is 0 Å². The number of anilines is 3. The number of hydrogen-bond acceptors (Lipinski definition) is 7. The highest BCUT2D eigenvalue weighted by atomic mass is 16.5. The standard InChI is InChI=1S/C22H27N5O2/c1-14(2)17-8-6-7-15(3)21(17)26-22-25-20(13-24-27-22)23-12-16-9-10-18(28-4)19(11-16)29-5/h6-11,13-14H,12H2,1-5H3,(H2,23,25,26,27). The number of aromatic nitrogens is 3. The molecule has 0 atom stereocenters. The van der Waals surface area contributed by atoms with Crippen LogP contribution in [0, 0.1) is 6.92 Å². The lowest BCUT2D eigenvalue weighted by atomic mass is 9.98. The van der Waals surface area contributed by atoms with Gasteiger partial charge in [0.2, 0.25) is 5.95 Å². The van der Waals surface area contributed by atoms with E-state index in [-0.39, 0.29) is 0 Å². The SMILES string of the molecule is COc1ccc(CNc2cnnc(Nc3c(C)cccc3C(C)C)n2)cc1OC. The molecule has 1 aromatic heterocycles. The number of methoxy groups -OCH3 is 2. The zero-order valence-electron chi connectivity index (χ0n) is 17.5. The number of nitrogens with zero attached hydrogens (tertiary/aromatic N) is 3. The minimum Gasteiger partial charge on any atom is -0.493 e. The molecule has 0 radical (unpaired) electrons. The van der Waals surface area contributed by atoms with E-state index in [1.54, 1.807) is 20.4 Å². The van der Waals surface area contributed by atoms with Gasteiger partial charge in [-0.3, -0.25) is 0 Å². The molecule has 0 bridgehead atoms. The van der Waals surface area contributed by atoms with Crippen LogP contribution in [0.15, 0.2) is 42.6 Å². The molecule has 0 saturated carbocycles. The van der Waals surface area contributed by atoms with Crippen LogP contribution in [-0.2, 0) is 6.54 Å². The molecule has 0 aliphatic heterocycles. The van der Waals surface area contributed by atoms with Crippen molar-refractivity contribution < 1.29 is 9.47 Å². The molecule has 29 heavy (non-hydrogen) atoms. The Kier molecular flexibility index (Phi) is 6.49. The van der Waals surface area contributed by atoms with Crippen LogP contribution >= 0.6 is 0 Å². The molecule has 0 saturated heterocycles. The topological polar surface area (TPSA) is 81.2 Å². The van der Waals surface area contributed by atoms with Gasteiger partial charge in [0.25, 0.3) is 0 Å². The van der Waals surface area contributed by atoms with Gasteiger partial charge in [-0.05, 0) is 41.7 Å². The van der Waals surface area contributed by atoms with Crippen molar-refractivity contribution >= 4 is 17.5 Å². The molecule has 3 aromatic rings. The predicted molar refractivity (Wildman–Crippen MR) is 115 cm³/mol. The quantitative estimate of drug-likeness (QED) is 0.575. The van der Waals surface area contributed by atoms with E-state index in [2.05, 4.69) is 64.8 Å². The second kappa shape index (κ2) is 9.23. The molecular formula is C22H27N5O2.